The molecule has 88 valence electrons. The molecule has 0 heterocycles. The fourth-order valence-electron chi connectivity index (χ4n) is 1.01. The lowest BCUT2D eigenvalue weighted by Gasteiger charge is -2.29. The molecule has 1 N–H and O–H groups in total. The summed E-state index contributed by atoms with van der Waals surface area (Å²) in [6.45, 7) is 12.5. The van der Waals surface area contributed by atoms with Crippen molar-refractivity contribution in [2.75, 3.05) is 7.11 Å². The highest BCUT2D eigenvalue weighted by Crippen LogP contribution is 2.22. The fraction of sp³-hybridized carbons (Fsp3) is 0.833. The molecule has 0 amide bonds. The summed E-state index contributed by atoms with van der Waals surface area (Å²) in [7, 11) is 0.202. The average Bonchev–Trinajstić information content (AvgIpc) is 2.01. The van der Waals surface area contributed by atoms with Crippen LogP contribution in [0.5, 0.6) is 0 Å². The Kier molecular flexibility index (Phi) is 5.05. The van der Waals surface area contributed by atoms with Crippen molar-refractivity contribution in [1.29, 1.82) is 0 Å². The third kappa shape index (κ3) is 5.98. The van der Waals surface area contributed by atoms with Crippen molar-refractivity contribution in [2.45, 2.75) is 52.6 Å². The smallest absolute Gasteiger partial charge is 0.143 e. The minimum atomic E-state index is -1.39. The highest BCUT2D eigenvalue weighted by atomic mass is 28.3. The van der Waals surface area contributed by atoms with Gasteiger partial charge in [-0.2, -0.15) is 0 Å². The quantitative estimate of drug-likeness (QED) is 0.580. The van der Waals surface area contributed by atoms with Gasteiger partial charge in [-0.25, -0.2) is 0 Å². The van der Waals surface area contributed by atoms with Crippen molar-refractivity contribution >= 4 is 8.07 Å². The van der Waals surface area contributed by atoms with E-state index >= 15 is 0 Å². The van der Waals surface area contributed by atoms with Crippen LogP contribution in [0.2, 0.25) is 19.6 Å². The third-order valence-corrected chi connectivity index (χ3v) is 2.91. The van der Waals surface area contributed by atoms with E-state index in [0.717, 1.165) is 0 Å². The summed E-state index contributed by atoms with van der Waals surface area (Å²) in [6, 6.07) is 0. The molecule has 0 aromatic carbocycles. The van der Waals surface area contributed by atoms with Crippen LogP contribution < -0.4 is 0 Å². The van der Waals surface area contributed by atoms with Crippen LogP contribution in [0, 0.1) is 16.9 Å². The molecule has 0 aliphatic heterocycles. The van der Waals surface area contributed by atoms with Gasteiger partial charge in [-0.05, 0) is 5.41 Å². The standard InChI is InChI=1S/C12H24O2Si/c1-12(2,3)11(13)10(14-4)8-9-15(5,6)7/h10-11,13H,1-7H3/t10-,11-/m0/s1. The van der Waals surface area contributed by atoms with Gasteiger partial charge in [-0.3, -0.25) is 0 Å². The predicted octanol–water partition coefficient (Wildman–Crippen LogP) is 2.29. The Morgan fingerprint density at radius 3 is 1.93 bits per heavy atom. The van der Waals surface area contributed by atoms with E-state index in [4.69, 9.17) is 4.74 Å². The minimum Gasteiger partial charge on any atom is -0.389 e. The molecular weight excluding hydrogens is 204 g/mol. The van der Waals surface area contributed by atoms with Crippen LogP contribution in [0.1, 0.15) is 20.8 Å². The van der Waals surface area contributed by atoms with Crippen molar-refractivity contribution in [1.82, 2.24) is 0 Å². The molecule has 0 bridgehead atoms. The number of aliphatic hydroxyl groups excluding tert-OH is 1. The molecule has 0 saturated carbocycles. The first-order valence-corrected chi connectivity index (χ1v) is 8.81. The molecule has 0 aromatic rings. The van der Waals surface area contributed by atoms with Crippen molar-refractivity contribution in [3.63, 3.8) is 0 Å². The Hall–Kier alpha value is -0.303. The van der Waals surface area contributed by atoms with Crippen molar-refractivity contribution in [3.8, 4) is 11.5 Å². The first-order valence-electron chi connectivity index (χ1n) is 5.31. The second kappa shape index (κ2) is 5.15. The summed E-state index contributed by atoms with van der Waals surface area (Å²) in [5.74, 6) is 3.06. The number of hydrogen-bond donors (Lipinski definition) is 1. The van der Waals surface area contributed by atoms with Crippen LogP contribution in [-0.2, 0) is 4.74 Å². The summed E-state index contributed by atoms with van der Waals surface area (Å²) in [4.78, 5) is 0. The summed E-state index contributed by atoms with van der Waals surface area (Å²) < 4.78 is 5.23. The zero-order chi connectivity index (χ0) is 12.3. The van der Waals surface area contributed by atoms with E-state index in [0.29, 0.717) is 0 Å². The summed E-state index contributed by atoms with van der Waals surface area (Å²) in [6.07, 6.45) is -0.928. The van der Waals surface area contributed by atoms with Crippen LogP contribution in [0.3, 0.4) is 0 Å². The van der Waals surface area contributed by atoms with E-state index in [-0.39, 0.29) is 11.5 Å². The van der Waals surface area contributed by atoms with Gasteiger partial charge >= 0.3 is 0 Å². The average molecular weight is 228 g/mol. The first kappa shape index (κ1) is 14.7. The summed E-state index contributed by atoms with van der Waals surface area (Å²) >= 11 is 0. The van der Waals surface area contributed by atoms with E-state index in [1.54, 1.807) is 7.11 Å². The molecule has 15 heavy (non-hydrogen) atoms. The molecule has 0 radical (unpaired) electrons. The van der Waals surface area contributed by atoms with Gasteiger partial charge in [0, 0.05) is 7.11 Å². The molecule has 0 fully saturated rings. The van der Waals surface area contributed by atoms with Crippen molar-refractivity contribution in [3.05, 3.63) is 0 Å². The minimum absolute atomic E-state index is 0.200. The molecule has 0 rings (SSSR count). The second-order valence-corrected chi connectivity index (χ2v) is 10.7. The predicted molar refractivity (Wildman–Crippen MR) is 67.4 cm³/mol. The second-order valence-electron chi connectivity index (χ2n) is 5.99. The molecule has 2 atom stereocenters. The number of rotatable bonds is 2. The Labute approximate surface area is 95.0 Å². The Balaban J connectivity index is 4.70. The fourth-order valence-corrected chi connectivity index (χ4v) is 1.58. The van der Waals surface area contributed by atoms with Crippen LogP contribution in [-0.4, -0.2) is 32.5 Å². The van der Waals surface area contributed by atoms with Crippen LogP contribution in [0.15, 0.2) is 0 Å². The van der Waals surface area contributed by atoms with E-state index in [9.17, 15) is 5.11 Å². The van der Waals surface area contributed by atoms with Gasteiger partial charge in [0.1, 0.15) is 14.2 Å². The van der Waals surface area contributed by atoms with Crippen molar-refractivity contribution in [2.24, 2.45) is 5.41 Å². The zero-order valence-corrected chi connectivity index (χ0v) is 12.0. The van der Waals surface area contributed by atoms with E-state index in [1.165, 1.54) is 0 Å². The number of ether oxygens (including phenoxy) is 1. The summed E-state index contributed by atoms with van der Waals surface area (Å²) in [5.41, 5.74) is 3.03. The lowest BCUT2D eigenvalue weighted by molar-refractivity contribution is -0.0370. The van der Waals surface area contributed by atoms with Crippen molar-refractivity contribution < 1.29 is 9.84 Å². The van der Waals surface area contributed by atoms with E-state index in [2.05, 4.69) is 31.1 Å². The molecule has 2 nitrogen and oxygen atoms in total. The molecule has 0 unspecified atom stereocenters. The Bertz CT molecular complexity index is 250. The highest BCUT2D eigenvalue weighted by Gasteiger charge is 2.29. The van der Waals surface area contributed by atoms with Crippen LogP contribution in [0.4, 0.5) is 0 Å². The largest absolute Gasteiger partial charge is 0.389 e. The van der Waals surface area contributed by atoms with Gasteiger partial charge in [0.25, 0.3) is 0 Å². The maximum atomic E-state index is 10.0. The summed E-state index contributed by atoms with van der Waals surface area (Å²) in [5, 5.41) is 10.0. The maximum Gasteiger partial charge on any atom is 0.143 e. The topological polar surface area (TPSA) is 29.5 Å². The van der Waals surface area contributed by atoms with Gasteiger partial charge in [-0.1, -0.05) is 46.3 Å². The molecule has 0 aliphatic carbocycles. The monoisotopic (exact) mass is 228 g/mol. The van der Waals surface area contributed by atoms with Gasteiger partial charge in [0.05, 0.1) is 6.10 Å². The normalized spacial score (nSPS) is 16.5. The molecule has 0 saturated heterocycles. The molecule has 0 aliphatic rings. The van der Waals surface area contributed by atoms with Gasteiger partial charge in [-0.15, -0.1) is 5.54 Å². The van der Waals surface area contributed by atoms with E-state index in [1.807, 2.05) is 20.8 Å². The SMILES string of the molecule is CO[C@@H](C#C[Si](C)(C)C)[C@H](O)C(C)(C)C. The molecule has 0 spiro atoms. The first-order chi connectivity index (χ1) is 6.58. The number of hydrogen-bond acceptors (Lipinski definition) is 2. The van der Waals surface area contributed by atoms with Gasteiger partial charge < -0.3 is 9.84 Å². The van der Waals surface area contributed by atoms with Crippen LogP contribution >= 0.6 is 0 Å². The molecule has 3 heteroatoms. The number of methoxy groups -OCH3 is 1. The van der Waals surface area contributed by atoms with Crippen LogP contribution in [0.25, 0.3) is 0 Å². The maximum absolute atomic E-state index is 10.0. The van der Waals surface area contributed by atoms with Gasteiger partial charge in [0.2, 0.25) is 0 Å². The Morgan fingerprint density at radius 2 is 1.67 bits per heavy atom. The lowest BCUT2D eigenvalue weighted by atomic mass is 9.86. The molecular formula is C12H24O2Si. The highest BCUT2D eigenvalue weighted by molar-refractivity contribution is 6.83. The Morgan fingerprint density at radius 1 is 1.20 bits per heavy atom. The third-order valence-electron chi connectivity index (χ3n) is 2.02. The molecule has 0 aromatic heterocycles. The van der Waals surface area contributed by atoms with E-state index < -0.39 is 14.2 Å². The lowest BCUT2D eigenvalue weighted by Crippen LogP contribution is -2.38. The number of aliphatic hydroxyl groups is 1. The zero-order valence-electron chi connectivity index (χ0n) is 11.0. The van der Waals surface area contributed by atoms with Gasteiger partial charge in [0.15, 0.2) is 0 Å².